The van der Waals surface area contributed by atoms with Gasteiger partial charge in [0.15, 0.2) is 0 Å². The van der Waals surface area contributed by atoms with Gasteiger partial charge in [0, 0.05) is 24.8 Å². The molecule has 0 aromatic heterocycles. The SMILES string of the molecule is CC(C)(C)NC(=O)CC[C@H](CC(=O)CCc1ccccc1)C(=O)OCc1ccccc1. The van der Waals surface area contributed by atoms with Crippen LogP contribution in [0.4, 0.5) is 0 Å². The van der Waals surface area contributed by atoms with Crippen LogP contribution in [0.25, 0.3) is 0 Å². The number of hydrogen-bond donors (Lipinski definition) is 1. The van der Waals surface area contributed by atoms with Gasteiger partial charge in [0.2, 0.25) is 5.91 Å². The van der Waals surface area contributed by atoms with Crippen molar-refractivity contribution in [2.45, 2.75) is 65.0 Å². The number of esters is 1. The molecule has 1 amide bonds. The second-order valence-corrected chi connectivity index (χ2v) is 8.86. The Labute approximate surface area is 185 Å². The van der Waals surface area contributed by atoms with E-state index in [1.807, 2.05) is 81.4 Å². The Morgan fingerprint density at radius 2 is 1.45 bits per heavy atom. The number of Topliss-reactive ketones (excluding diaryl/α,β-unsaturated/α-hetero) is 1. The Bertz CT molecular complexity index is 841. The minimum absolute atomic E-state index is 0.00161. The highest BCUT2D eigenvalue weighted by Gasteiger charge is 2.25. The average Bonchev–Trinajstić information content (AvgIpc) is 2.73. The molecule has 0 spiro atoms. The van der Waals surface area contributed by atoms with Gasteiger partial charge in [-0.3, -0.25) is 14.4 Å². The van der Waals surface area contributed by atoms with E-state index in [1.54, 1.807) is 0 Å². The smallest absolute Gasteiger partial charge is 0.309 e. The van der Waals surface area contributed by atoms with E-state index in [4.69, 9.17) is 4.74 Å². The zero-order chi connectivity index (χ0) is 22.7. The van der Waals surface area contributed by atoms with Gasteiger partial charge in [-0.25, -0.2) is 0 Å². The van der Waals surface area contributed by atoms with Crippen LogP contribution in [0.5, 0.6) is 0 Å². The highest BCUT2D eigenvalue weighted by Crippen LogP contribution is 2.18. The average molecular weight is 424 g/mol. The van der Waals surface area contributed by atoms with Crippen LogP contribution in [0, 0.1) is 5.92 Å². The van der Waals surface area contributed by atoms with Crippen molar-refractivity contribution in [1.29, 1.82) is 0 Å². The van der Waals surface area contributed by atoms with E-state index in [-0.39, 0.29) is 43.1 Å². The summed E-state index contributed by atoms with van der Waals surface area (Å²) >= 11 is 0. The summed E-state index contributed by atoms with van der Waals surface area (Å²) < 4.78 is 5.46. The molecule has 0 aliphatic heterocycles. The van der Waals surface area contributed by atoms with Crippen molar-refractivity contribution in [1.82, 2.24) is 5.32 Å². The summed E-state index contributed by atoms with van der Waals surface area (Å²) in [4.78, 5) is 37.5. The fourth-order valence-corrected chi connectivity index (χ4v) is 3.24. The van der Waals surface area contributed by atoms with Crippen LogP contribution in [0.1, 0.15) is 57.6 Å². The molecule has 0 aliphatic rings. The minimum Gasteiger partial charge on any atom is -0.461 e. The molecule has 0 fully saturated rings. The van der Waals surface area contributed by atoms with Crippen LogP contribution in [-0.4, -0.2) is 23.2 Å². The second kappa shape index (κ2) is 12.0. The fraction of sp³-hybridized carbons (Fsp3) is 0.423. The predicted molar refractivity (Wildman–Crippen MR) is 121 cm³/mol. The summed E-state index contributed by atoms with van der Waals surface area (Å²) in [6.07, 6.45) is 1.54. The molecule has 5 heteroatoms. The van der Waals surface area contributed by atoms with E-state index in [9.17, 15) is 14.4 Å². The molecule has 2 rings (SSSR count). The van der Waals surface area contributed by atoms with Crippen LogP contribution < -0.4 is 5.32 Å². The van der Waals surface area contributed by atoms with E-state index < -0.39 is 11.9 Å². The molecule has 166 valence electrons. The number of ketones is 1. The van der Waals surface area contributed by atoms with Crippen LogP contribution in [0.2, 0.25) is 0 Å². The van der Waals surface area contributed by atoms with Gasteiger partial charge in [0.1, 0.15) is 12.4 Å². The predicted octanol–water partition coefficient (Wildman–Crippen LogP) is 4.63. The van der Waals surface area contributed by atoms with Gasteiger partial charge in [-0.2, -0.15) is 0 Å². The van der Waals surface area contributed by atoms with Crippen molar-refractivity contribution in [3.05, 3.63) is 71.8 Å². The first-order valence-electron chi connectivity index (χ1n) is 10.8. The lowest BCUT2D eigenvalue weighted by Gasteiger charge is -2.21. The lowest BCUT2D eigenvalue weighted by molar-refractivity contribution is -0.151. The lowest BCUT2D eigenvalue weighted by atomic mass is 9.94. The standard InChI is InChI=1S/C26H33NO4/c1-26(2,3)27-24(29)17-15-22(25(30)31-19-21-12-8-5-9-13-21)18-23(28)16-14-20-10-6-4-7-11-20/h4-13,22H,14-19H2,1-3H3,(H,27,29)/t22-/m1/s1. The first-order valence-corrected chi connectivity index (χ1v) is 10.8. The molecule has 2 aromatic rings. The van der Waals surface area contributed by atoms with Gasteiger partial charge in [-0.05, 0) is 44.7 Å². The molecule has 0 bridgehead atoms. The first kappa shape index (κ1) is 24.3. The van der Waals surface area contributed by atoms with Gasteiger partial charge < -0.3 is 10.1 Å². The molecular weight excluding hydrogens is 390 g/mol. The van der Waals surface area contributed by atoms with Gasteiger partial charge in [0.05, 0.1) is 5.92 Å². The number of ether oxygens (including phenoxy) is 1. The summed E-state index contributed by atoms with van der Waals surface area (Å²) in [6, 6.07) is 19.2. The summed E-state index contributed by atoms with van der Waals surface area (Å²) in [6.45, 7) is 5.87. The van der Waals surface area contributed by atoms with Gasteiger partial charge in [-0.15, -0.1) is 0 Å². The van der Waals surface area contributed by atoms with E-state index >= 15 is 0 Å². The van der Waals surface area contributed by atoms with Crippen molar-refractivity contribution < 1.29 is 19.1 Å². The number of amides is 1. The minimum atomic E-state index is -0.627. The molecule has 1 N–H and O–H groups in total. The third-order valence-electron chi connectivity index (χ3n) is 4.80. The molecule has 31 heavy (non-hydrogen) atoms. The van der Waals surface area contributed by atoms with E-state index in [0.717, 1.165) is 11.1 Å². The molecule has 5 nitrogen and oxygen atoms in total. The van der Waals surface area contributed by atoms with Gasteiger partial charge >= 0.3 is 5.97 Å². The van der Waals surface area contributed by atoms with Gasteiger partial charge in [0.25, 0.3) is 0 Å². The molecule has 0 aliphatic carbocycles. The number of rotatable bonds is 11. The maximum atomic E-state index is 12.7. The quantitative estimate of drug-likeness (QED) is 0.535. The number of aryl methyl sites for hydroxylation is 1. The lowest BCUT2D eigenvalue weighted by Crippen LogP contribution is -2.40. The monoisotopic (exact) mass is 423 g/mol. The van der Waals surface area contributed by atoms with Crippen LogP contribution in [0.3, 0.4) is 0 Å². The third kappa shape index (κ3) is 10.1. The largest absolute Gasteiger partial charge is 0.461 e. The van der Waals surface area contributed by atoms with E-state index in [2.05, 4.69) is 5.32 Å². The Morgan fingerprint density at radius 3 is 2.03 bits per heavy atom. The van der Waals surface area contributed by atoms with E-state index in [1.165, 1.54) is 0 Å². The van der Waals surface area contributed by atoms with Gasteiger partial charge in [-0.1, -0.05) is 60.7 Å². The first-order chi connectivity index (χ1) is 14.7. The number of hydrogen-bond acceptors (Lipinski definition) is 4. The zero-order valence-corrected chi connectivity index (χ0v) is 18.7. The molecule has 0 heterocycles. The Morgan fingerprint density at radius 1 is 0.871 bits per heavy atom. The van der Waals surface area contributed by atoms with Crippen molar-refractivity contribution in [2.75, 3.05) is 0 Å². The van der Waals surface area contributed by atoms with Crippen molar-refractivity contribution in [2.24, 2.45) is 5.92 Å². The van der Waals surface area contributed by atoms with E-state index in [0.29, 0.717) is 12.8 Å². The summed E-state index contributed by atoms with van der Waals surface area (Å²) in [5.74, 6) is -1.19. The Hall–Kier alpha value is -2.95. The van der Waals surface area contributed by atoms with Crippen molar-refractivity contribution in [3.8, 4) is 0 Å². The third-order valence-corrected chi connectivity index (χ3v) is 4.80. The van der Waals surface area contributed by atoms with Crippen LogP contribution in [0.15, 0.2) is 60.7 Å². The number of benzene rings is 2. The topological polar surface area (TPSA) is 72.5 Å². The molecule has 0 unspecified atom stereocenters. The molecule has 0 saturated carbocycles. The molecule has 0 saturated heterocycles. The second-order valence-electron chi connectivity index (χ2n) is 8.86. The highest BCUT2D eigenvalue weighted by atomic mass is 16.5. The number of carbonyl (C=O) groups excluding carboxylic acids is 3. The van der Waals surface area contributed by atoms with Crippen LogP contribution in [-0.2, 0) is 32.1 Å². The maximum Gasteiger partial charge on any atom is 0.309 e. The summed E-state index contributed by atoms with van der Waals surface area (Å²) in [5.41, 5.74) is 1.63. The molecule has 1 atom stereocenters. The molecule has 2 aromatic carbocycles. The highest BCUT2D eigenvalue weighted by molar-refractivity contribution is 5.85. The van der Waals surface area contributed by atoms with Crippen molar-refractivity contribution >= 4 is 17.7 Å². The zero-order valence-electron chi connectivity index (χ0n) is 18.7. The van der Waals surface area contributed by atoms with Crippen molar-refractivity contribution in [3.63, 3.8) is 0 Å². The Kier molecular flexibility index (Phi) is 9.44. The normalized spacial score (nSPS) is 12.1. The summed E-state index contributed by atoms with van der Waals surface area (Å²) in [5, 5.41) is 2.90. The van der Waals surface area contributed by atoms with Crippen LogP contribution >= 0.6 is 0 Å². The maximum absolute atomic E-state index is 12.7. The fourth-order valence-electron chi connectivity index (χ4n) is 3.24. The number of nitrogens with one attached hydrogen (secondary N) is 1. The Balaban J connectivity index is 1.93. The molecular formula is C26H33NO4. The molecule has 0 radical (unpaired) electrons. The summed E-state index contributed by atoms with van der Waals surface area (Å²) in [7, 11) is 0. The number of carbonyl (C=O) groups is 3.